The molecule has 1 rings (SSSR count). The van der Waals surface area contributed by atoms with Gasteiger partial charge < -0.3 is 15.3 Å². The minimum absolute atomic E-state index is 0.193. The number of carboxylic acids is 1. The standard InChI is InChI=1S/C6H8N2O3/c7-2-4-3-8-5(11-4)1-6(9)10/h3H,1-2,7H2,(H,9,10). The molecule has 0 saturated carbocycles. The Kier molecular flexibility index (Phi) is 2.22. The number of carboxylic acid groups (broad SMARTS) is 1. The van der Waals surface area contributed by atoms with Crippen LogP contribution >= 0.6 is 0 Å². The fourth-order valence-corrected chi connectivity index (χ4v) is 0.653. The first-order valence-electron chi connectivity index (χ1n) is 3.08. The zero-order valence-corrected chi connectivity index (χ0v) is 5.78. The molecule has 60 valence electrons. The summed E-state index contributed by atoms with van der Waals surface area (Å²) in [5.74, 6) is -0.269. The van der Waals surface area contributed by atoms with Crippen LogP contribution in [0.5, 0.6) is 0 Å². The van der Waals surface area contributed by atoms with E-state index in [9.17, 15) is 4.79 Å². The number of rotatable bonds is 3. The molecule has 0 saturated heterocycles. The van der Waals surface area contributed by atoms with Crippen molar-refractivity contribution in [1.82, 2.24) is 4.98 Å². The summed E-state index contributed by atoms with van der Waals surface area (Å²) in [6.45, 7) is 0.243. The van der Waals surface area contributed by atoms with E-state index in [1.165, 1.54) is 6.20 Å². The number of hydrogen-bond acceptors (Lipinski definition) is 4. The number of oxazole rings is 1. The van der Waals surface area contributed by atoms with Gasteiger partial charge in [0.1, 0.15) is 12.2 Å². The predicted molar refractivity (Wildman–Crippen MR) is 35.7 cm³/mol. The van der Waals surface area contributed by atoms with Crippen molar-refractivity contribution in [3.8, 4) is 0 Å². The maximum atomic E-state index is 10.1. The topological polar surface area (TPSA) is 89.3 Å². The van der Waals surface area contributed by atoms with Gasteiger partial charge in [-0.3, -0.25) is 4.79 Å². The van der Waals surface area contributed by atoms with Gasteiger partial charge in [-0.25, -0.2) is 4.98 Å². The third-order valence-electron chi connectivity index (χ3n) is 1.11. The van der Waals surface area contributed by atoms with Gasteiger partial charge in [-0.15, -0.1) is 0 Å². The van der Waals surface area contributed by atoms with Gasteiger partial charge in [-0.05, 0) is 0 Å². The van der Waals surface area contributed by atoms with Crippen molar-refractivity contribution in [2.24, 2.45) is 5.73 Å². The zero-order chi connectivity index (χ0) is 8.27. The van der Waals surface area contributed by atoms with Crippen LogP contribution in [0.2, 0.25) is 0 Å². The Labute approximate surface area is 62.8 Å². The lowest BCUT2D eigenvalue weighted by atomic mass is 10.4. The molecule has 0 unspecified atom stereocenters. The molecule has 0 bridgehead atoms. The van der Waals surface area contributed by atoms with Gasteiger partial charge in [0.25, 0.3) is 0 Å². The molecule has 5 heteroatoms. The van der Waals surface area contributed by atoms with E-state index in [0.29, 0.717) is 5.76 Å². The number of aliphatic carboxylic acids is 1. The van der Waals surface area contributed by atoms with E-state index in [0.717, 1.165) is 0 Å². The second-order valence-corrected chi connectivity index (χ2v) is 1.99. The van der Waals surface area contributed by atoms with Crippen molar-refractivity contribution in [2.45, 2.75) is 13.0 Å². The third-order valence-corrected chi connectivity index (χ3v) is 1.11. The second kappa shape index (κ2) is 3.16. The van der Waals surface area contributed by atoms with Gasteiger partial charge in [0, 0.05) is 0 Å². The molecule has 0 spiro atoms. The van der Waals surface area contributed by atoms with Crippen LogP contribution in [0.25, 0.3) is 0 Å². The van der Waals surface area contributed by atoms with E-state index in [4.69, 9.17) is 15.3 Å². The van der Waals surface area contributed by atoms with E-state index in [2.05, 4.69) is 4.98 Å². The lowest BCUT2D eigenvalue weighted by molar-refractivity contribution is -0.136. The minimum Gasteiger partial charge on any atom is -0.481 e. The first-order chi connectivity index (χ1) is 5.22. The first-order valence-corrected chi connectivity index (χ1v) is 3.08. The lowest BCUT2D eigenvalue weighted by Gasteiger charge is -1.87. The molecule has 1 aromatic rings. The van der Waals surface area contributed by atoms with Crippen LogP contribution in [-0.2, 0) is 17.8 Å². The van der Waals surface area contributed by atoms with Crippen LogP contribution in [0, 0.1) is 0 Å². The van der Waals surface area contributed by atoms with Crippen molar-refractivity contribution in [3.05, 3.63) is 17.8 Å². The molecular formula is C6H8N2O3. The smallest absolute Gasteiger partial charge is 0.312 e. The molecule has 0 radical (unpaired) electrons. The van der Waals surface area contributed by atoms with E-state index < -0.39 is 5.97 Å². The van der Waals surface area contributed by atoms with E-state index in [-0.39, 0.29) is 18.9 Å². The minimum atomic E-state index is -0.963. The van der Waals surface area contributed by atoms with Crippen molar-refractivity contribution in [1.29, 1.82) is 0 Å². The van der Waals surface area contributed by atoms with Gasteiger partial charge >= 0.3 is 5.97 Å². The molecule has 3 N–H and O–H groups in total. The molecule has 0 aliphatic rings. The summed E-state index contributed by atoms with van der Waals surface area (Å²) < 4.78 is 4.93. The van der Waals surface area contributed by atoms with Crippen molar-refractivity contribution < 1.29 is 14.3 Å². The molecular weight excluding hydrogens is 148 g/mol. The summed E-state index contributed by atoms with van der Waals surface area (Å²) >= 11 is 0. The highest BCUT2D eigenvalue weighted by molar-refractivity contribution is 5.68. The third kappa shape index (κ3) is 2.05. The molecule has 1 aromatic heterocycles. The lowest BCUT2D eigenvalue weighted by Crippen LogP contribution is -1.99. The van der Waals surface area contributed by atoms with Crippen LogP contribution < -0.4 is 5.73 Å². The summed E-state index contributed by atoms with van der Waals surface area (Å²) in [6.07, 6.45) is 1.23. The second-order valence-electron chi connectivity index (χ2n) is 1.99. The predicted octanol–water partition coefficient (Wildman–Crippen LogP) is -0.240. The summed E-state index contributed by atoms with van der Waals surface area (Å²) in [5, 5.41) is 8.32. The van der Waals surface area contributed by atoms with Gasteiger partial charge in [0.05, 0.1) is 12.7 Å². The molecule has 0 atom stereocenters. The average molecular weight is 156 g/mol. The number of aromatic nitrogens is 1. The molecule has 1 heterocycles. The highest BCUT2D eigenvalue weighted by Gasteiger charge is 2.06. The number of nitrogens with zero attached hydrogens (tertiary/aromatic N) is 1. The van der Waals surface area contributed by atoms with Crippen molar-refractivity contribution >= 4 is 5.97 Å². The summed E-state index contributed by atoms with van der Waals surface area (Å²) in [4.78, 5) is 13.8. The van der Waals surface area contributed by atoms with Crippen LogP contribution in [0.1, 0.15) is 11.7 Å². The van der Waals surface area contributed by atoms with Gasteiger partial charge in [0.2, 0.25) is 5.89 Å². The van der Waals surface area contributed by atoms with Crippen LogP contribution in [-0.4, -0.2) is 16.1 Å². The molecule has 0 fully saturated rings. The Morgan fingerprint density at radius 1 is 1.82 bits per heavy atom. The number of carbonyl (C=O) groups is 1. The number of nitrogens with two attached hydrogens (primary N) is 1. The fourth-order valence-electron chi connectivity index (χ4n) is 0.653. The van der Waals surface area contributed by atoms with Gasteiger partial charge in [-0.1, -0.05) is 0 Å². The van der Waals surface area contributed by atoms with E-state index >= 15 is 0 Å². The average Bonchev–Trinajstić information content (AvgIpc) is 2.34. The van der Waals surface area contributed by atoms with E-state index in [1.54, 1.807) is 0 Å². The Hall–Kier alpha value is -1.36. The van der Waals surface area contributed by atoms with Crippen LogP contribution in [0.15, 0.2) is 10.6 Å². The highest BCUT2D eigenvalue weighted by atomic mass is 16.4. The molecule has 11 heavy (non-hydrogen) atoms. The Morgan fingerprint density at radius 2 is 2.55 bits per heavy atom. The molecule has 0 aliphatic heterocycles. The summed E-state index contributed by atoms with van der Waals surface area (Å²) in [5.41, 5.74) is 5.21. The van der Waals surface area contributed by atoms with Crippen molar-refractivity contribution in [2.75, 3.05) is 0 Å². The molecule has 0 aliphatic carbocycles. The molecule has 5 nitrogen and oxygen atoms in total. The van der Waals surface area contributed by atoms with Crippen LogP contribution in [0.3, 0.4) is 0 Å². The maximum Gasteiger partial charge on any atom is 0.312 e. The van der Waals surface area contributed by atoms with Gasteiger partial charge in [0.15, 0.2) is 0 Å². The monoisotopic (exact) mass is 156 g/mol. The van der Waals surface area contributed by atoms with Crippen LogP contribution in [0.4, 0.5) is 0 Å². The largest absolute Gasteiger partial charge is 0.481 e. The molecule has 0 amide bonds. The quantitative estimate of drug-likeness (QED) is 0.630. The highest BCUT2D eigenvalue weighted by Crippen LogP contribution is 2.02. The SMILES string of the molecule is NCc1cnc(CC(=O)O)o1. The number of hydrogen-bond donors (Lipinski definition) is 2. The van der Waals surface area contributed by atoms with Gasteiger partial charge in [-0.2, -0.15) is 0 Å². The zero-order valence-electron chi connectivity index (χ0n) is 5.78. The summed E-state index contributed by atoms with van der Waals surface area (Å²) in [6, 6.07) is 0. The summed E-state index contributed by atoms with van der Waals surface area (Å²) in [7, 11) is 0. The Morgan fingerprint density at radius 3 is 3.00 bits per heavy atom. The first kappa shape index (κ1) is 7.74. The normalized spacial score (nSPS) is 9.91. The Bertz CT molecular complexity index is 256. The molecule has 0 aromatic carbocycles. The van der Waals surface area contributed by atoms with Crippen molar-refractivity contribution in [3.63, 3.8) is 0 Å². The fraction of sp³-hybridized carbons (Fsp3) is 0.333. The van der Waals surface area contributed by atoms with E-state index in [1.807, 2.05) is 0 Å². The Balaban J connectivity index is 2.65. The maximum absolute atomic E-state index is 10.1.